The van der Waals surface area contributed by atoms with E-state index < -0.39 is 21.4 Å². The van der Waals surface area contributed by atoms with Crippen LogP contribution in [0.2, 0.25) is 0 Å². The molecule has 1 rings (SSSR count). The normalized spacial score (nSPS) is 11.0. The zero-order valence-corrected chi connectivity index (χ0v) is 8.55. The zero-order valence-electron chi connectivity index (χ0n) is 6.76. The molecular weight excluding hydrogens is 212 g/mol. The predicted octanol–water partition coefficient (Wildman–Crippen LogP) is -0.0644. The Kier molecular flexibility index (Phi) is 3.05. The van der Waals surface area contributed by atoms with Crippen LogP contribution in [0.5, 0.6) is 0 Å². The van der Waals surface area contributed by atoms with Gasteiger partial charge in [0.2, 0.25) is 0 Å². The Morgan fingerprint density at radius 2 is 1.62 bits per heavy atom. The molecule has 0 spiro atoms. The molecule has 0 aliphatic heterocycles. The molecule has 13 heavy (non-hydrogen) atoms. The van der Waals surface area contributed by atoms with E-state index in [4.69, 9.17) is 0 Å². The summed E-state index contributed by atoms with van der Waals surface area (Å²) in [7, 11) is -5.44. The largest absolute Gasteiger partial charge is 0.227 e. The SMILES string of the molecule is Cc1ccc([SH](=O)=O)cc1[SH](=O)=O. The number of rotatable bonds is 2. The molecule has 0 aliphatic carbocycles. The molecule has 0 heterocycles. The van der Waals surface area contributed by atoms with Crippen LogP contribution < -0.4 is 0 Å². The maximum Gasteiger partial charge on any atom is 0.168 e. The maximum atomic E-state index is 10.6. The fourth-order valence-corrected chi connectivity index (χ4v) is 2.05. The highest BCUT2D eigenvalue weighted by atomic mass is 32.2. The molecule has 0 saturated heterocycles. The molecule has 0 amide bonds. The van der Waals surface area contributed by atoms with Gasteiger partial charge < -0.3 is 0 Å². The summed E-state index contributed by atoms with van der Waals surface area (Å²) >= 11 is 0. The van der Waals surface area contributed by atoms with Crippen molar-refractivity contribution < 1.29 is 16.8 Å². The van der Waals surface area contributed by atoms with Crippen LogP contribution in [-0.4, -0.2) is 16.8 Å². The van der Waals surface area contributed by atoms with Crippen molar-refractivity contribution >= 4 is 21.4 Å². The molecular formula is C7H8O4S2. The van der Waals surface area contributed by atoms with Gasteiger partial charge in [0.25, 0.3) is 0 Å². The van der Waals surface area contributed by atoms with E-state index >= 15 is 0 Å². The summed E-state index contributed by atoms with van der Waals surface area (Å²) in [5.41, 5.74) is 0.553. The Morgan fingerprint density at radius 1 is 1.00 bits per heavy atom. The molecule has 0 unspecified atom stereocenters. The number of thiol groups is 2. The Labute approximate surface area is 79.1 Å². The third kappa shape index (κ3) is 2.28. The van der Waals surface area contributed by atoms with Crippen LogP contribution in [0.15, 0.2) is 28.0 Å². The van der Waals surface area contributed by atoms with Gasteiger partial charge in [0.1, 0.15) is 0 Å². The van der Waals surface area contributed by atoms with Crippen LogP contribution in [-0.2, 0) is 21.4 Å². The molecule has 0 aromatic heterocycles. The molecule has 72 valence electrons. The smallest absolute Gasteiger partial charge is 0.168 e. The molecule has 0 aliphatic rings. The van der Waals surface area contributed by atoms with Crippen molar-refractivity contribution in [3.05, 3.63) is 23.8 Å². The quantitative estimate of drug-likeness (QED) is 0.685. The molecule has 0 bridgehead atoms. The first-order valence-electron chi connectivity index (χ1n) is 3.42. The summed E-state index contributed by atoms with van der Waals surface area (Å²) in [6.07, 6.45) is 0. The van der Waals surface area contributed by atoms with Crippen LogP contribution in [0.1, 0.15) is 5.56 Å². The topological polar surface area (TPSA) is 68.3 Å². The summed E-state index contributed by atoms with van der Waals surface area (Å²) < 4.78 is 42.3. The molecule has 0 fully saturated rings. The van der Waals surface area contributed by atoms with Crippen molar-refractivity contribution in [3.8, 4) is 0 Å². The van der Waals surface area contributed by atoms with Crippen LogP contribution in [0.25, 0.3) is 0 Å². The second-order valence-corrected chi connectivity index (χ2v) is 4.51. The van der Waals surface area contributed by atoms with E-state index in [2.05, 4.69) is 0 Å². The van der Waals surface area contributed by atoms with Crippen LogP contribution in [0.4, 0.5) is 0 Å². The predicted molar refractivity (Wildman–Crippen MR) is 48.3 cm³/mol. The van der Waals surface area contributed by atoms with Crippen molar-refractivity contribution in [2.45, 2.75) is 16.7 Å². The minimum absolute atomic E-state index is 0.0230. The van der Waals surface area contributed by atoms with Crippen molar-refractivity contribution in [3.63, 3.8) is 0 Å². The Morgan fingerprint density at radius 3 is 2.08 bits per heavy atom. The second kappa shape index (κ2) is 3.89. The lowest BCUT2D eigenvalue weighted by molar-refractivity contribution is 0.612. The van der Waals surface area contributed by atoms with Gasteiger partial charge in [-0.15, -0.1) is 0 Å². The molecule has 4 nitrogen and oxygen atoms in total. The monoisotopic (exact) mass is 220 g/mol. The van der Waals surface area contributed by atoms with Crippen LogP contribution >= 0.6 is 0 Å². The van der Waals surface area contributed by atoms with E-state index in [1.807, 2.05) is 0 Å². The highest BCUT2D eigenvalue weighted by Gasteiger charge is 2.03. The standard InChI is InChI=1S/C7H8O4S2/c1-5-2-3-6(12(8)9)4-7(5)13(10)11/h2-4,12-13H,1H3. The number of benzene rings is 1. The van der Waals surface area contributed by atoms with Gasteiger partial charge in [-0.2, -0.15) is 0 Å². The van der Waals surface area contributed by atoms with Gasteiger partial charge in [0.05, 0.1) is 9.79 Å². The Bertz CT molecular complexity index is 455. The van der Waals surface area contributed by atoms with Gasteiger partial charge in [-0.1, -0.05) is 6.07 Å². The molecule has 0 N–H and O–H groups in total. The summed E-state index contributed by atoms with van der Waals surface area (Å²) in [5, 5.41) is 0. The van der Waals surface area contributed by atoms with E-state index in [1.165, 1.54) is 12.1 Å². The highest BCUT2D eigenvalue weighted by molar-refractivity contribution is 7.73. The van der Waals surface area contributed by atoms with E-state index in [0.717, 1.165) is 6.07 Å². The van der Waals surface area contributed by atoms with Gasteiger partial charge in [0.15, 0.2) is 21.4 Å². The molecule has 0 atom stereocenters. The number of hydrogen-bond acceptors (Lipinski definition) is 4. The second-order valence-electron chi connectivity index (χ2n) is 2.49. The van der Waals surface area contributed by atoms with Crippen molar-refractivity contribution in [1.29, 1.82) is 0 Å². The van der Waals surface area contributed by atoms with Crippen LogP contribution in [0, 0.1) is 6.92 Å². The maximum absolute atomic E-state index is 10.6. The third-order valence-electron chi connectivity index (χ3n) is 1.60. The lowest BCUT2D eigenvalue weighted by atomic mass is 10.2. The van der Waals surface area contributed by atoms with Gasteiger partial charge in [-0.05, 0) is 24.6 Å². The van der Waals surface area contributed by atoms with Gasteiger partial charge >= 0.3 is 0 Å². The summed E-state index contributed by atoms with van der Waals surface area (Å²) in [6.45, 7) is 1.61. The zero-order chi connectivity index (χ0) is 10.0. The number of hydrogen-bond donors (Lipinski definition) is 2. The van der Waals surface area contributed by atoms with E-state index in [1.54, 1.807) is 6.92 Å². The molecule has 0 radical (unpaired) electrons. The van der Waals surface area contributed by atoms with Gasteiger partial charge in [-0.3, -0.25) is 0 Å². The van der Waals surface area contributed by atoms with Crippen molar-refractivity contribution in [2.24, 2.45) is 0 Å². The van der Waals surface area contributed by atoms with Crippen LogP contribution in [0.3, 0.4) is 0 Å². The fourth-order valence-electron chi connectivity index (χ4n) is 0.908. The first-order chi connectivity index (χ1) is 6.02. The molecule has 0 saturated carbocycles. The minimum atomic E-state index is -2.72. The number of aryl methyl sites for hydroxylation is 1. The molecule has 1 aromatic carbocycles. The first-order valence-corrected chi connectivity index (χ1v) is 5.77. The first kappa shape index (κ1) is 10.2. The van der Waals surface area contributed by atoms with E-state index in [9.17, 15) is 16.8 Å². The highest BCUT2D eigenvalue weighted by Crippen LogP contribution is 2.13. The van der Waals surface area contributed by atoms with Gasteiger partial charge in [0, 0.05) is 0 Å². The summed E-state index contributed by atoms with van der Waals surface area (Å²) in [6, 6.07) is 4.01. The fraction of sp³-hybridized carbons (Fsp3) is 0.143. The minimum Gasteiger partial charge on any atom is -0.227 e. The Hall–Kier alpha value is -0.880. The lowest BCUT2D eigenvalue weighted by Crippen LogP contribution is -1.89. The van der Waals surface area contributed by atoms with E-state index in [-0.39, 0.29) is 9.79 Å². The summed E-state index contributed by atoms with van der Waals surface area (Å²) in [5.74, 6) is 0. The third-order valence-corrected chi connectivity index (χ3v) is 3.18. The summed E-state index contributed by atoms with van der Waals surface area (Å²) in [4.78, 5) is 0.0847. The van der Waals surface area contributed by atoms with Gasteiger partial charge in [-0.25, -0.2) is 16.8 Å². The Balaban J connectivity index is 3.43. The van der Waals surface area contributed by atoms with Crippen molar-refractivity contribution in [1.82, 2.24) is 0 Å². The van der Waals surface area contributed by atoms with E-state index in [0.29, 0.717) is 5.56 Å². The average molecular weight is 220 g/mol. The van der Waals surface area contributed by atoms with Crippen molar-refractivity contribution in [2.75, 3.05) is 0 Å². The molecule has 6 heteroatoms. The lowest BCUT2D eigenvalue weighted by Gasteiger charge is -1.97. The average Bonchev–Trinajstić information content (AvgIpc) is 2.04. The molecule has 1 aromatic rings.